The Kier molecular flexibility index (Phi) is 2.94. The molecule has 1 aromatic rings. The van der Waals surface area contributed by atoms with E-state index in [1.807, 2.05) is 19.9 Å². The van der Waals surface area contributed by atoms with E-state index in [-0.39, 0.29) is 6.10 Å². The maximum atomic E-state index is 9.98. The summed E-state index contributed by atoms with van der Waals surface area (Å²) in [5.41, 5.74) is 1.90. The minimum absolute atomic E-state index is 0.176. The minimum Gasteiger partial charge on any atom is -0.491 e. The molecule has 1 aliphatic rings. The lowest BCUT2D eigenvalue weighted by Crippen LogP contribution is -2.14. The molecule has 0 aliphatic heterocycles. The summed E-state index contributed by atoms with van der Waals surface area (Å²) in [5, 5.41) is 9.98. The van der Waals surface area contributed by atoms with Crippen molar-refractivity contribution in [2.75, 3.05) is 0 Å². The Bertz CT molecular complexity index is 378. The van der Waals surface area contributed by atoms with Gasteiger partial charge in [0, 0.05) is 6.42 Å². The second kappa shape index (κ2) is 4.10. The third-order valence-corrected chi connectivity index (χ3v) is 2.93. The molecule has 0 saturated heterocycles. The van der Waals surface area contributed by atoms with Gasteiger partial charge in [-0.15, -0.1) is 0 Å². The number of ether oxygens (including phenoxy) is 1. The van der Waals surface area contributed by atoms with Gasteiger partial charge in [0.15, 0.2) is 0 Å². The van der Waals surface area contributed by atoms with Crippen LogP contribution in [0.2, 0.25) is 0 Å². The predicted molar refractivity (Wildman–Crippen MR) is 64.8 cm³/mol. The molecule has 0 aromatic heterocycles. The van der Waals surface area contributed by atoms with E-state index in [0.717, 1.165) is 30.6 Å². The second-order valence-electron chi connectivity index (χ2n) is 5.18. The molecular formula is C14H20O2. The average molecular weight is 220 g/mol. The molecule has 1 saturated carbocycles. The highest BCUT2D eigenvalue weighted by Gasteiger charge is 2.40. The summed E-state index contributed by atoms with van der Waals surface area (Å²) in [6, 6.07) is 6.18. The number of hydrogen-bond acceptors (Lipinski definition) is 2. The first kappa shape index (κ1) is 11.5. The predicted octanol–water partition coefficient (Wildman–Crippen LogP) is 2.85. The zero-order valence-corrected chi connectivity index (χ0v) is 10.3. The largest absolute Gasteiger partial charge is 0.491 e. The quantitative estimate of drug-likeness (QED) is 0.845. The van der Waals surface area contributed by atoms with E-state index in [0.29, 0.717) is 0 Å². The van der Waals surface area contributed by atoms with Crippen molar-refractivity contribution in [2.24, 2.45) is 0 Å². The number of rotatable bonds is 4. The van der Waals surface area contributed by atoms with Gasteiger partial charge >= 0.3 is 0 Å². The van der Waals surface area contributed by atoms with Crippen molar-refractivity contribution in [3.8, 4) is 5.75 Å². The Balaban J connectivity index is 2.21. The fourth-order valence-corrected chi connectivity index (χ4v) is 1.89. The van der Waals surface area contributed by atoms with Crippen LogP contribution in [0.3, 0.4) is 0 Å². The van der Waals surface area contributed by atoms with Gasteiger partial charge in [0.05, 0.1) is 11.7 Å². The van der Waals surface area contributed by atoms with Gasteiger partial charge in [-0.2, -0.15) is 0 Å². The summed E-state index contributed by atoms with van der Waals surface area (Å²) in [6.45, 7) is 6.12. The van der Waals surface area contributed by atoms with Gasteiger partial charge in [0.1, 0.15) is 5.75 Å². The molecule has 0 unspecified atom stereocenters. The summed E-state index contributed by atoms with van der Waals surface area (Å²) in [4.78, 5) is 0. The van der Waals surface area contributed by atoms with Gasteiger partial charge in [-0.05, 0) is 45.2 Å². The molecule has 1 fully saturated rings. The monoisotopic (exact) mass is 220 g/mol. The van der Waals surface area contributed by atoms with Crippen LogP contribution in [0.25, 0.3) is 0 Å². The van der Waals surface area contributed by atoms with Gasteiger partial charge in [-0.3, -0.25) is 0 Å². The van der Waals surface area contributed by atoms with Crippen LogP contribution in [0, 0.1) is 6.92 Å². The summed E-state index contributed by atoms with van der Waals surface area (Å²) >= 11 is 0. The molecule has 0 bridgehead atoms. The Hall–Kier alpha value is -1.02. The molecule has 0 amide bonds. The Morgan fingerprint density at radius 2 is 2.06 bits per heavy atom. The highest BCUT2D eigenvalue weighted by Crippen LogP contribution is 2.40. The van der Waals surface area contributed by atoms with E-state index in [2.05, 4.69) is 19.1 Å². The molecule has 0 heterocycles. The zero-order chi connectivity index (χ0) is 11.8. The maximum Gasteiger partial charge on any atom is 0.122 e. The molecule has 0 spiro atoms. The maximum absolute atomic E-state index is 9.98. The van der Waals surface area contributed by atoms with Crippen molar-refractivity contribution in [1.29, 1.82) is 0 Å². The SMILES string of the molecule is Cc1ccc(OC(C)C)c(CC2(O)CC2)c1. The first-order valence-electron chi connectivity index (χ1n) is 5.97. The fraction of sp³-hybridized carbons (Fsp3) is 0.571. The van der Waals surface area contributed by atoms with Crippen LogP contribution in [0.15, 0.2) is 18.2 Å². The zero-order valence-electron chi connectivity index (χ0n) is 10.3. The van der Waals surface area contributed by atoms with Crippen LogP contribution in [-0.4, -0.2) is 16.8 Å². The molecule has 16 heavy (non-hydrogen) atoms. The third kappa shape index (κ3) is 2.76. The smallest absolute Gasteiger partial charge is 0.122 e. The van der Waals surface area contributed by atoms with E-state index < -0.39 is 5.60 Å². The summed E-state index contributed by atoms with van der Waals surface area (Å²) in [6.07, 6.45) is 2.73. The summed E-state index contributed by atoms with van der Waals surface area (Å²) < 4.78 is 5.76. The van der Waals surface area contributed by atoms with Crippen LogP contribution < -0.4 is 4.74 Å². The van der Waals surface area contributed by atoms with Crippen molar-refractivity contribution in [3.05, 3.63) is 29.3 Å². The lowest BCUT2D eigenvalue weighted by atomic mass is 10.0. The van der Waals surface area contributed by atoms with E-state index >= 15 is 0 Å². The van der Waals surface area contributed by atoms with Gasteiger partial charge in [0.25, 0.3) is 0 Å². The minimum atomic E-state index is -0.455. The molecule has 2 rings (SSSR count). The third-order valence-electron chi connectivity index (χ3n) is 2.93. The van der Waals surface area contributed by atoms with E-state index in [9.17, 15) is 5.11 Å². The summed E-state index contributed by atoms with van der Waals surface area (Å²) in [5.74, 6) is 0.918. The lowest BCUT2D eigenvalue weighted by molar-refractivity contribution is 0.148. The molecule has 1 aromatic carbocycles. The van der Waals surface area contributed by atoms with E-state index in [1.54, 1.807) is 0 Å². The van der Waals surface area contributed by atoms with Crippen molar-refractivity contribution in [1.82, 2.24) is 0 Å². The van der Waals surface area contributed by atoms with Crippen molar-refractivity contribution >= 4 is 0 Å². The van der Waals surface area contributed by atoms with Crippen molar-refractivity contribution in [3.63, 3.8) is 0 Å². The molecular weight excluding hydrogens is 200 g/mol. The Morgan fingerprint density at radius 1 is 1.38 bits per heavy atom. The number of aryl methyl sites for hydroxylation is 1. The van der Waals surface area contributed by atoms with Gasteiger partial charge in [0.2, 0.25) is 0 Å². The van der Waals surface area contributed by atoms with Gasteiger partial charge in [-0.25, -0.2) is 0 Å². The molecule has 1 N–H and O–H groups in total. The first-order chi connectivity index (χ1) is 7.48. The van der Waals surface area contributed by atoms with Crippen molar-refractivity contribution in [2.45, 2.75) is 51.7 Å². The highest BCUT2D eigenvalue weighted by molar-refractivity contribution is 5.38. The lowest BCUT2D eigenvalue weighted by Gasteiger charge is -2.16. The molecule has 88 valence electrons. The molecule has 2 nitrogen and oxygen atoms in total. The highest BCUT2D eigenvalue weighted by atomic mass is 16.5. The van der Waals surface area contributed by atoms with Crippen LogP contribution in [0.4, 0.5) is 0 Å². The number of hydrogen-bond donors (Lipinski definition) is 1. The molecule has 0 radical (unpaired) electrons. The molecule has 2 heteroatoms. The van der Waals surface area contributed by atoms with Crippen LogP contribution in [0.1, 0.15) is 37.8 Å². The van der Waals surface area contributed by atoms with E-state index in [4.69, 9.17) is 4.74 Å². The average Bonchev–Trinajstić information content (AvgIpc) is 2.88. The van der Waals surface area contributed by atoms with Crippen molar-refractivity contribution < 1.29 is 9.84 Å². The Labute approximate surface area is 97.3 Å². The van der Waals surface area contributed by atoms with E-state index in [1.165, 1.54) is 5.56 Å². The number of aliphatic hydroxyl groups is 1. The van der Waals surface area contributed by atoms with Crippen LogP contribution in [-0.2, 0) is 6.42 Å². The van der Waals surface area contributed by atoms with Gasteiger partial charge in [-0.1, -0.05) is 17.7 Å². The standard InChI is InChI=1S/C14H20O2/c1-10(2)16-13-5-4-11(3)8-12(13)9-14(15)6-7-14/h4-5,8,10,15H,6-7,9H2,1-3H3. The second-order valence-corrected chi connectivity index (χ2v) is 5.18. The molecule has 1 aliphatic carbocycles. The topological polar surface area (TPSA) is 29.5 Å². The normalized spacial score (nSPS) is 17.6. The fourth-order valence-electron chi connectivity index (χ4n) is 1.89. The number of benzene rings is 1. The van der Waals surface area contributed by atoms with Crippen LogP contribution >= 0.6 is 0 Å². The summed E-state index contributed by atoms with van der Waals surface area (Å²) in [7, 11) is 0. The van der Waals surface area contributed by atoms with Crippen LogP contribution in [0.5, 0.6) is 5.75 Å². The first-order valence-corrected chi connectivity index (χ1v) is 5.97. The van der Waals surface area contributed by atoms with Gasteiger partial charge < -0.3 is 9.84 Å². The molecule has 0 atom stereocenters. The Morgan fingerprint density at radius 3 is 2.62 bits per heavy atom.